The molecule has 3 aromatic rings. The van der Waals surface area contributed by atoms with Crippen molar-refractivity contribution in [2.45, 2.75) is 13.5 Å². The fourth-order valence-corrected chi connectivity index (χ4v) is 2.93. The van der Waals surface area contributed by atoms with Gasteiger partial charge in [0.15, 0.2) is 0 Å². The summed E-state index contributed by atoms with van der Waals surface area (Å²) in [7, 11) is 3.19. The molecule has 0 saturated heterocycles. The molecular weight excluding hydrogens is 368 g/mol. The monoisotopic (exact) mass is 390 g/mol. The number of hydrogen-bond acceptors (Lipinski definition) is 4. The van der Waals surface area contributed by atoms with Gasteiger partial charge in [0.2, 0.25) is 0 Å². The topological polar surface area (TPSA) is 70.3 Å². The van der Waals surface area contributed by atoms with Crippen LogP contribution in [0.5, 0.6) is 0 Å². The molecule has 0 N–H and O–H groups in total. The van der Waals surface area contributed by atoms with Crippen LogP contribution in [0.25, 0.3) is 12.2 Å². The second-order valence-corrected chi connectivity index (χ2v) is 6.72. The fraction of sp³-hybridized carbons (Fsp3) is 0.174. The molecule has 0 atom stereocenters. The first kappa shape index (κ1) is 20.1. The standard InChI is InChI=1S/C23H22N2O4/c1-16(26)29-15-19-11-9-18(10-12-19)14-21-23(28)24(2)20(22(27)25(21)3)13-17-7-5-4-6-8-17/h4-14H,15H2,1-3H3. The van der Waals surface area contributed by atoms with E-state index in [9.17, 15) is 14.4 Å². The van der Waals surface area contributed by atoms with Crippen LogP contribution in [0.1, 0.15) is 23.6 Å². The van der Waals surface area contributed by atoms with E-state index in [0.29, 0.717) is 5.35 Å². The summed E-state index contributed by atoms with van der Waals surface area (Å²) >= 11 is 0. The van der Waals surface area contributed by atoms with Gasteiger partial charge in [-0.25, -0.2) is 0 Å². The van der Waals surface area contributed by atoms with Gasteiger partial charge in [0.25, 0.3) is 11.1 Å². The summed E-state index contributed by atoms with van der Waals surface area (Å²) < 4.78 is 7.70. The highest BCUT2D eigenvalue weighted by Gasteiger charge is 2.06. The van der Waals surface area contributed by atoms with Crippen LogP contribution < -0.4 is 21.8 Å². The molecule has 0 amide bonds. The molecule has 1 aromatic heterocycles. The van der Waals surface area contributed by atoms with Gasteiger partial charge in [-0.2, -0.15) is 0 Å². The maximum absolute atomic E-state index is 12.9. The number of aromatic nitrogens is 2. The van der Waals surface area contributed by atoms with Crippen molar-refractivity contribution in [2.75, 3.05) is 0 Å². The Labute approximate surface area is 167 Å². The van der Waals surface area contributed by atoms with Gasteiger partial charge in [-0.1, -0.05) is 54.6 Å². The van der Waals surface area contributed by atoms with Crippen LogP contribution in [0.3, 0.4) is 0 Å². The predicted octanol–water partition coefficient (Wildman–Crippen LogP) is 0.805. The number of carbonyl (C=O) groups is 1. The lowest BCUT2D eigenvalue weighted by atomic mass is 10.1. The third-order valence-corrected chi connectivity index (χ3v) is 4.60. The van der Waals surface area contributed by atoms with Crippen LogP contribution in [0.15, 0.2) is 64.2 Å². The number of esters is 1. The van der Waals surface area contributed by atoms with Gasteiger partial charge in [-0.15, -0.1) is 0 Å². The summed E-state index contributed by atoms with van der Waals surface area (Å²) in [6.45, 7) is 1.55. The normalized spacial score (nSPS) is 12.2. The first-order valence-electron chi connectivity index (χ1n) is 9.13. The maximum Gasteiger partial charge on any atom is 0.302 e. The molecule has 0 spiro atoms. The molecule has 2 aromatic carbocycles. The highest BCUT2D eigenvalue weighted by atomic mass is 16.5. The Morgan fingerprint density at radius 1 is 0.828 bits per heavy atom. The number of carbonyl (C=O) groups excluding carboxylic acids is 1. The van der Waals surface area contributed by atoms with Crippen LogP contribution in [-0.4, -0.2) is 15.1 Å². The van der Waals surface area contributed by atoms with Crippen LogP contribution in [0.2, 0.25) is 0 Å². The second kappa shape index (κ2) is 8.56. The van der Waals surface area contributed by atoms with Crippen LogP contribution in [0, 0.1) is 0 Å². The molecule has 148 valence electrons. The molecule has 0 aliphatic carbocycles. The summed E-state index contributed by atoms with van der Waals surface area (Å²) in [5.74, 6) is -0.341. The van der Waals surface area contributed by atoms with Gasteiger partial charge >= 0.3 is 5.97 Å². The zero-order chi connectivity index (χ0) is 21.0. The third-order valence-electron chi connectivity index (χ3n) is 4.60. The van der Waals surface area contributed by atoms with Crippen molar-refractivity contribution in [3.63, 3.8) is 0 Å². The largest absolute Gasteiger partial charge is 0.461 e. The lowest BCUT2D eigenvalue weighted by Crippen LogP contribution is -2.56. The molecule has 29 heavy (non-hydrogen) atoms. The molecule has 6 heteroatoms. The van der Waals surface area contributed by atoms with Crippen molar-refractivity contribution in [2.24, 2.45) is 14.1 Å². The van der Waals surface area contributed by atoms with Crippen LogP contribution in [0.4, 0.5) is 0 Å². The van der Waals surface area contributed by atoms with E-state index in [2.05, 4.69) is 0 Å². The number of rotatable bonds is 4. The average Bonchev–Trinajstić information content (AvgIpc) is 2.73. The predicted molar refractivity (Wildman–Crippen MR) is 112 cm³/mol. The number of ether oxygens (including phenoxy) is 1. The van der Waals surface area contributed by atoms with Crippen molar-refractivity contribution >= 4 is 18.1 Å². The van der Waals surface area contributed by atoms with E-state index in [1.165, 1.54) is 16.1 Å². The molecule has 0 radical (unpaired) electrons. The summed E-state index contributed by atoms with van der Waals surface area (Å²) in [5, 5.41) is 0.605. The van der Waals surface area contributed by atoms with Crippen molar-refractivity contribution in [1.29, 1.82) is 0 Å². The third kappa shape index (κ3) is 4.60. The summed E-state index contributed by atoms with van der Waals surface area (Å²) in [6.07, 6.45) is 3.38. The molecule has 1 heterocycles. The second-order valence-electron chi connectivity index (χ2n) is 6.72. The quantitative estimate of drug-likeness (QED) is 0.618. The Bertz CT molecular complexity index is 1270. The first-order chi connectivity index (χ1) is 13.9. The average molecular weight is 390 g/mol. The highest BCUT2D eigenvalue weighted by Crippen LogP contribution is 2.06. The lowest BCUT2D eigenvalue weighted by Gasteiger charge is -2.06. The van der Waals surface area contributed by atoms with Gasteiger partial charge in [-0.3, -0.25) is 14.4 Å². The molecule has 0 saturated carbocycles. The summed E-state index contributed by atoms with van der Waals surface area (Å²) in [5.41, 5.74) is 1.93. The maximum atomic E-state index is 12.9. The van der Waals surface area contributed by atoms with Gasteiger partial charge in [-0.05, 0) is 28.8 Å². The Hall–Kier alpha value is -3.67. The van der Waals surface area contributed by atoms with E-state index in [4.69, 9.17) is 4.74 Å². The highest BCUT2D eigenvalue weighted by molar-refractivity contribution is 5.65. The Kier molecular flexibility index (Phi) is 5.93. The SMILES string of the molecule is CC(=O)OCc1ccc(C=c2c(=O)n(C)c(=Cc3ccccc3)c(=O)n2C)cc1. The molecule has 0 unspecified atom stereocenters. The molecule has 0 aliphatic heterocycles. The van der Waals surface area contributed by atoms with Gasteiger partial charge in [0.1, 0.15) is 17.3 Å². The summed E-state index contributed by atoms with van der Waals surface area (Å²) in [6, 6.07) is 16.7. The molecule has 0 aliphatic rings. The van der Waals surface area contributed by atoms with E-state index in [0.717, 1.165) is 16.7 Å². The number of nitrogens with zero attached hydrogens (tertiary/aromatic N) is 2. The zero-order valence-corrected chi connectivity index (χ0v) is 16.6. The minimum Gasteiger partial charge on any atom is -0.461 e. The minimum absolute atomic E-state index is 0.194. The van der Waals surface area contributed by atoms with Crippen molar-refractivity contribution in [1.82, 2.24) is 9.13 Å². The number of benzene rings is 2. The molecular formula is C23H22N2O4. The van der Waals surface area contributed by atoms with Gasteiger partial charge in [0.05, 0.1) is 0 Å². The molecule has 0 fully saturated rings. The van der Waals surface area contributed by atoms with Crippen LogP contribution in [-0.2, 0) is 30.2 Å². The minimum atomic E-state index is -0.341. The van der Waals surface area contributed by atoms with Crippen molar-refractivity contribution in [3.8, 4) is 0 Å². The van der Waals surface area contributed by atoms with Crippen molar-refractivity contribution in [3.05, 3.63) is 103 Å². The van der Waals surface area contributed by atoms with E-state index < -0.39 is 0 Å². The smallest absolute Gasteiger partial charge is 0.302 e. The Balaban J connectivity index is 2.08. The Morgan fingerprint density at radius 3 is 1.79 bits per heavy atom. The first-order valence-corrected chi connectivity index (χ1v) is 9.13. The van der Waals surface area contributed by atoms with Crippen LogP contribution >= 0.6 is 0 Å². The van der Waals surface area contributed by atoms with E-state index >= 15 is 0 Å². The number of hydrogen-bond donors (Lipinski definition) is 0. The van der Waals surface area contributed by atoms with E-state index in [1.54, 1.807) is 26.2 Å². The fourth-order valence-electron chi connectivity index (χ4n) is 2.93. The summed E-state index contributed by atoms with van der Waals surface area (Å²) in [4.78, 5) is 36.7. The van der Waals surface area contributed by atoms with E-state index in [1.807, 2.05) is 54.6 Å². The van der Waals surface area contributed by atoms with E-state index in [-0.39, 0.29) is 29.0 Å². The Morgan fingerprint density at radius 2 is 1.31 bits per heavy atom. The lowest BCUT2D eigenvalue weighted by molar-refractivity contribution is -0.142. The molecule has 3 rings (SSSR count). The van der Waals surface area contributed by atoms with Gasteiger partial charge in [0, 0.05) is 21.0 Å². The van der Waals surface area contributed by atoms with Crippen molar-refractivity contribution < 1.29 is 9.53 Å². The zero-order valence-electron chi connectivity index (χ0n) is 16.6. The molecule has 0 bridgehead atoms. The van der Waals surface area contributed by atoms with Gasteiger partial charge < -0.3 is 13.9 Å². The molecule has 6 nitrogen and oxygen atoms in total.